The normalized spacial score (nSPS) is 15.7. The molecule has 0 aliphatic carbocycles. The maximum atomic E-state index is 13.4. The van der Waals surface area contributed by atoms with Crippen molar-refractivity contribution in [3.05, 3.63) is 82.6 Å². The van der Waals surface area contributed by atoms with E-state index in [4.69, 9.17) is 4.42 Å². The summed E-state index contributed by atoms with van der Waals surface area (Å²) in [5.41, 5.74) is 2.43. The van der Waals surface area contributed by atoms with Crippen LogP contribution in [0.15, 0.2) is 81.0 Å². The van der Waals surface area contributed by atoms with E-state index in [9.17, 15) is 9.18 Å². The highest BCUT2D eigenvalue weighted by Gasteiger charge is 2.33. The number of benzene rings is 1. The van der Waals surface area contributed by atoms with Crippen molar-refractivity contribution >= 4 is 34.7 Å². The molecule has 0 saturated heterocycles. The molecule has 0 N–H and O–H groups in total. The fourth-order valence-corrected chi connectivity index (χ4v) is 4.68. The average molecular weight is 466 g/mol. The van der Waals surface area contributed by atoms with Crippen LogP contribution in [0.1, 0.15) is 22.9 Å². The van der Waals surface area contributed by atoms with Gasteiger partial charge in [0.15, 0.2) is 0 Å². The van der Waals surface area contributed by atoms with Crippen molar-refractivity contribution in [3.63, 3.8) is 0 Å². The van der Waals surface area contributed by atoms with Gasteiger partial charge in [-0.3, -0.25) is 9.78 Å². The van der Waals surface area contributed by atoms with Gasteiger partial charge in [-0.15, -0.1) is 21.5 Å². The molecule has 0 spiro atoms. The number of carbonyl (C=O) groups is 1. The Labute approximate surface area is 191 Å². The number of thioether (sulfide) groups is 1. The first kappa shape index (κ1) is 20.5. The number of rotatable bonds is 6. The lowest BCUT2D eigenvalue weighted by Gasteiger charge is -2.21. The van der Waals surface area contributed by atoms with Gasteiger partial charge in [0.25, 0.3) is 11.1 Å². The van der Waals surface area contributed by atoms with Gasteiger partial charge in [0, 0.05) is 24.4 Å². The van der Waals surface area contributed by atoms with E-state index in [1.54, 1.807) is 48.0 Å². The number of hydrazone groups is 1. The van der Waals surface area contributed by atoms with E-state index in [0.717, 1.165) is 33.5 Å². The number of hydrogen-bond donors (Lipinski definition) is 0. The minimum Gasteiger partial charge on any atom is -0.411 e. The van der Waals surface area contributed by atoms with Crippen LogP contribution in [0.3, 0.4) is 0 Å². The Morgan fingerprint density at radius 1 is 1.16 bits per heavy atom. The average Bonchev–Trinajstić information content (AvgIpc) is 3.59. The van der Waals surface area contributed by atoms with Crippen LogP contribution in [0.2, 0.25) is 0 Å². The molecule has 4 heterocycles. The Bertz CT molecular complexity index is 1240. The molecule has 0 bridgehead atoms. The number of nitrogens with zero attached hydrogens (tertiary/aromatic N) is 5. The van der Waals surface area contributed by atoms with Crippen molar-refractivity contribution in [2.24, 2.45) is 5.10 Å². The van der Waals surface area contributed by atoms with E-state index in [-0.39, 0.29) is 23.5 Å². The zero-order chi connectivity index (χ0) is 21.9. The molecular formula is C22H16FN5O2S2. The quantitative estimate of drug-likeness (QED) is 0.380. The van der Waals surface area contributed by atoms with E-state index in [1.807, 2.05) is 17.5 Å². The van der Waals surface area contributed by atoms with Crippen LogP contribution < -0.4 is 0 Å². The molecule has 32 heavy (non-hydrogen) atoms. The number of pyridine rings is 1. The van der Waals surface area contributed by atoms with Gasteiger partial charge >= 0.3 is 0 Å². The number of hydrogen-bond acceptors (Lipinski definition) is 8. The van der Waals surface area contributed by atoms with Crippen LogP contribution in [0, 0.1) is 5.82 Å². The lowest BCUT2D eigenvalue weighted by atomic mass is 10.0. The smallest absolute Gasteiger partial charge is 0.277 e. The first-order valence-corrected chi connectivity index (χ1v) is 11.6. The Kier molecular flexibility index (Phi) is 5.78. The predicted octanol–water partition coefficient (Wildman–Crippen LogP) is 4.80. The van der Waals surface area contributed by atoms with Crippen LogP contribution in [-0.4, -0.2) is 37.6 Å². The molecule has 0 saturated carbocycles. The van der Waals surface area contributed by atoms with Crippen LogP contribution >= 0.6 is 23.1 Å². The Balaban J connectivity index is 1.33. The van der Waals surface area contributed by atoms with Crippen LogP contribution in [0.25, 0.3) is 11.5 Å². The van der Waals surface area contributed by atoms with Crippen molar-refractivity contribution in [2.75, 3.05) is 5.75 Å². The Hall–Kier alpha value is -3.37. The highest BCUT2D eigenvalue weighted by molar-refractivity contribution is 7.99. The number of thiophene rings is 1. The van der Waals surface area contributed by atoms with Crippen molar-refractivity contribution < 1.29 is 13.6 Å². The second kappa shape index (κ2) is 9.01. The summed E-state index contributed by atoms with van der Waals surface area (Å²) in [6.45, 7) is 0. The zero-order valence-corrected chi connectivity index (χ0v) is 18.2. The van der Waals surface area contributed by atoms with Crippen molar-refractivity contribution in [2.45, 2.75) is 17.7 Å². The predicted molar refractivity (Wildman–Crippen MR) is 120 cm³/mol. The lowest BCUT2D eigenvalue weighted by molar-refractivity contribution is -0.130. The maximum Gasteiger partial charge on any atom is 0.277 e. The van der Waals surface area contributed by atoms with Gasteiger partial charge in [-0.2, -0.15) is 5.10 Å². The third-order valence-corrected chi connectivity index (χ3v) is 6.60. The summed E-state index contributed by atoms with van der Waals surface area (Å²) in [5.74, 6) is -0.0668. The molecule has 0 radical (unpaired) electrons. The van der Waals surface area contributed by atoms with E-state index in [2.05, 4.69) is 20.3 Å². The number of amides is 1. The Morgan fingerprint density at radius 3 is 2.72 bits per heavy atom. The molecular weight excluding hydrogens is 449 g/mol. The number of halogens is 1. The van der Waals surface area contributed by atoms with Crippen molar-refractivity contribution in [1.29, 1.82) is 0 Å². The van der Waals surface area contributed by atoms with Crippen LogP contribution in [-0.2, 0) is 4.79 Å². The summed E-state index contributed by atoms with van der Waals surface area (Å²) >= 11 is 2.73. The molecule has 1 aliphatic rings. The van der Waals surface area contributed by atoms with Crippen LogP contribution in [0.4, 0.5) is 4.39 Å². The van der Waals surface area contributed by atoms with Gasteiger partial charge in [-0.1, -0.05) is 30.0 Å². The molecule has 1 amide bonds. The fourth-order valence-electron chi connectivity index (χ4n) is 3.35. The summed E-state index contributed by atoms with van der Waals surface area (Å²) in [6, 6.07) is 13.4. The monoisotopic (exact) mass is 465 g/mol. The van der Waals surface area contributed by atoms with Gasteiger partial charge in [-0.25, -0.2) is 9.40 Å². The van der Waals surface area contributed by atoms with Crippen molar-refractivity contribution in [3.8, 4) is 11.5 Å². The summed E-state index contributed by atoms with van der Waals surface area (Å²) in [6.07, 6.45) is 3.85. The maximum absolute atomic E-state index is 13.4. The van der Waals surface area contributed by atoms with Crippen molar-refractivity contribution in [1.82, 2.24) is 20.2 Å². The number of carbonyl (C=O) groups excluding carboxylic acids is 1. The minimum atomic E-state index is -0.319. The molecule has 1 aliphatic heterocycles. The molecule has 1 atom stereocenters. The number of aromatic nitrogens is 3. The first-order chi connectivity index (χ1) is 15.7. The summed E-state index contributed by atoms with van der Waals surface area (Å²) in [4.78, 5) is 18.1. The first-order valence-electron chi connectivity index (χ1n) is 9.73. The topological polar surface area (TPSA) is 84.5 Å². The molecule has 5 rings (SSSR count). The van der Waals surface area contributed by atoms with E-state index < -0.39 is 0 Å². The van der Waals surface area contributed by atoms with E-state index in [0.29, 0.717) is 17.5 Å². The largest absolute Gasteiger partial charge is 0.411 e. The van der Waals surface area contributed by atoms with Crippen LogP contribution in [0.5, 0.6) is 0 Å². The Morgan fingerprint density at radius 2 is 1.97 bits per heavy atom. The molecule has 4 aromatic rings. The van der Waals surface area contributed by atoms with Gasteiger partial charge in [0.05, 0.1) is 22.4 Å². The van der Waals surface area contributed by atoms with Gasteiger partial charge < -0.3 is 4.42 Å². The highest BCUT2D eigenvalue weighted by atomic mass is 32.2. The summed E-state index contributed by atoms with van der Waals surface area (Å²) < 4.78 is 19.1. The molecule has 1 unspecified atom stereocenters. The lowest BCUT2D eigenvalue weighted by Crippen LogP contribution is -2.28. The third-order valence-electron chi connectivity index (χ3n) is 4.88. The second-order valence-electron chi connectivity index (χ2n) is 6.93. The molecule has 0 fully saturated rings. The fraction of sp³-hybridized carbons (Fsp3) is 0.136. The third kappa shape index (κ3) is 4.32. The summed E-state index contributed by atoms with van der Waals surface area (Å²) in [7, 11) is 0. The van der Waals surface area contributed by atoms with Gasteiger partial charge in [0.1, 0.15) is 5.82 Å². The molecule has 3 aromatic heterocycles. The standard InChI is InChI=1S/C22H16FN5O2S2/c23-16-5-3-14(4-6-16)18-12-17(19-2-1-11-31-19)27-28(18)20(29)13-32-22-26-25-21(30-22)15-7-9-24-10-8-15/h1-11,18H,12-13H2. The SMILES string of the molecule is O=C(CSc1nnc(-c2ccncc2)o1)N1N=C(c2cccs2)CC1c1ccc(F)cc1. The zero-order valence-electron chi connectivity index (χ0n) is 16.6. The van der Waals surface area contributed by atoms with E-state index >= 15 is 0 Å². The second-order valence-corrected chi connectivity index (χ2v) is 8.81. The van der Waals surface area contributed by atoms with Gasteiger partial charge in [0.2, 0.25) is 5.89 Å². The summed E-state index contributed by atoms with van der Waals surface area (Å²) in [5, 5.41) is 16.4. The highest BCUT2D eigenvalue weighted by Crippen LogP contribution is 2.35. The molecule has 10 heteroatoms. The molecule has 160 valence electrons. The molecule has 7 nitrogen and oxygen atoms in total. The van der Waals surface area contributed by atoms with Gasteiger partial charge in [-0.05, 0) is 41.3 Å². The van der Waals surface area contributed by atoms with E-state index in [1.165, 1.54) is 17.1 Å². The molecule has 1 aromatic carbocycles. The minimum absolute atomic E-state index is 0.0803.